The van der Waals surface area contributed by atoms with Crippen LogP contribution in [0.5, 0.6) is 0 Å². The van der Waals surface area contributed by atoms with Crippen LogP contribution in [0.1, 0.15) is 31.4 Å². The highest BCUT2D eigenvalue weighted by Gasteiger charge is 2.22. The Labute approximate surface area is 72.6 Å². The van der Waals surface area contributed by atoms with Crippen molar-refractivity contribution in [2.75, 3.05) is 6.54 Å². The lowest BCUT2D eigenvalue weighted by atomic mass is 9.89. The lowest BCUT2D eigenvalue weighted by Gasteiger charge is -2.28. The van der Waals surface area contributed by atoms with Crippen LogP contribution < -0.4 is 5.32 Å². The molecule has 3 nitrogen and oxygen atoms in total. The Hall–Kier alpha value is -0.830. The first-order chi connectivity index (χ1) is 5.88. The molecule has 1 aliphatic heterocycles. The van der Waals surface area contributed by atoms with Crippen LogP contribution in [0.25, 0.3) is 0 Å². The lowest BCUT2D eigenvalue weighted by Crippen LogP contribution is -2.37. The second-order valence-electron chi connectivity index (χ2n) is 3.50. The Morgan fingerprint density at radius 1 is 1.58 bits per heavy atom. The highest BCUT2D eigenvalue weighted by atomic mass is 15.1. The third-order valence-electron chi connectivity index (χ3n) is 2.68. The molecule has 1 aromatic rings. The fourth-order valence-electron chi connectivity index (χ4n) is 1.94. The predicted molar refractivity (Wildman–Crippen MR) is 48.0 cm³/mol. The third kappa shape index (κ3) is 1.37. The van der Waals surface area contributed by atoms with Gasteiger partial charge in [-0.05, 0) is 32.4 Å². The second-order valence-corrected chi connectivity index (χ2v) is 3.50. The molecule has 0 saturated carbocycles. The summed E-state index contributed by atoms with van der Waals surface area (Å²) < 4.78 is 0. The van der Waals surface area contributed by atoms with Gasteiger partial charge >= 0.3 is 0 Å². The van der Waals surface area contributed by atoms with Crippen LogP contribution in [0.4, 0.5) is 0 Å². The monoisotopic (exact) mass is 165 g/mol. The lowest BCUT2D eigenvalue weighted by molar-refractivity contribution is 0.365. The zero-order valence-corrected chi connectivity index (χ0v) is 7.38. The van der Waals surface area contributed by atoms with Gasteiger partial charge in [0.2, 0.25) is 0 Å². The van der Waals surface area contributed by atoms with E-state index in [2.05, 4.69) is 28.5 Å². The summed E-state index contributed by atoms with van der Waals surface area (Å²) in [6.45, 7) is 3.40. The zero-order chi connectivity index (χ0) is 8.39. The van der Waals surface area contributed by atoms with Crippen molar-refractivity contribution in [1.29, 1.82) is 0 Å². The number of aromatic amines is 1. The van der Waals surface area contributed by atoms with E-state index in [4.69, 9.17) is 0 Å². The summed E-state index contributed by atoms with van der Waals surface area (Å²) in [4.78, 5) is 0. The van der Waals surface area contributed by atoms with Crippen LogP contribution in [0.15, 0.2) is 12.3 Å². The smallest absolute Gasteiger partial charge is 0.0490 e. The van der Waals surface area contributed by atoms with Gasteiger partial charge in [0.1, 0.15) is 0 Å². The Bertz CT molecular complexity index is 230. The predicted octanol–water partition coefficient (Wildman–Crippen LogP) is 1.27. The number of piperidine rings is 1. The van der Waals surface area contributed by atoms with Gasteiger partial charge in [0.25, 0.3) is 0 Å². The van der Waals surface area contributed by atoms with Crippen molar-refractivity contribution in [3.63, 3.8) is 0 Å². The minimum Gasteiger partial charge on any atom is -0.314 e. The number of nitrogens with one attached hydrogen (secondary N) is 2. The molecule has 0 radical (unpaired) electrons. The van der Waals surface area contributed by atoms with Crippen LogP contribution in [0.3, 0.4) is 0 Å². The van der Waals surface area contributed by atoms with Gasteiger partial charge in [-0.15, -0.1) is 0 Å². The van der Waals surface area contributed by atoms with Crippen LogP contribution in [0.2, 0.25) is 0 Å². The largest absolute Gasteiger partial charge is 0.314 e. The molecule has 12 heavy (non-hydrogen) atoms. The first-order valence-corrected chi connectivity index (χ1v) is 4.60. The maximum atomic E-state index is 3.98. The zero-order valence-electron chi connectivity index (χ0n) is 7.38. The van der Waals surface area contributed by atoms with Gasteiger partial charge in [-0.3, -0.25) is 5.10 Å². The topological polar surface area (TPSA) is 40.7 Å². The molecular weight excluding hydrogens is 150 g/mol. The van der Waals surface area contributed by atoms with Crippen molar-refractivity contribution in [1.82, 2.24) is 15.5 Å². The Kier molecular flexibility index (Phi) is 2.13. The number of hydrogen-bond donors (Lipinski definition) is 2. The molecule has 1 saturated heterocycles. The molecule has 0 spiro atoms. The number of aromatic nitrogens is 2. The minimum atomic E-state index is 0.583. The van der Waals surface area contributed by atoms with Crippen LogP contribution in [-0.4, -0.2) is 22.8 Å². The van der Waals surface area contributed by atoms with Crippen LogP contribution >= 0.6 is 0 Å². The van der Waals surface area contributed by atoms with E-state index in [1.165, 1.54) is 18.5 Å². The fourth-order valence-corrected chi connectivity index (χ4v) is 1.94. The average Bonchev–Trinajstić information content (AvgIpc) is 2.57. The highest BCUT2D eigenvalue weighted by molar-refractivity contribution is 5.09. The number of rotatable bonds is 1. The van der Waals surface area contributed by atoms with Gasteiger partial charge in [0.05, 0.1) is 0 Å². The van der Waals surface area contributed by atoms with Gasteiger partial charge in [0, 0.05) is 23.9 Å². The summed E-state index contributed by atoms with van der Waals surface area (Å²) >= 11 is 0. The average molecular weight is 165 g/mol. The van der Waals surface area contributed by atoms with Crippen molar-refractivity contribution in [2.45, 2.75) is 31.7 Å². The number of nitrogens with zero attached hydrogens (tertiary/aromatic N) is 1. The van der Waals surface area contributed by atoms with Crippen molar-refractivity contribution in [2.24, 2.45) is 0 Å². The van der Waals surface area contributed by atoms with Crippen molar-refractivity contribution in [3.8, 4) is 0 Å². The highest BCUT2D eigenvalue weighted by Crippen LogP contribution is 2.25. The van der Waals surface area contributed by atoms with Gasteiger partial charge in [-0.2, -0.15) is 5.10 Å². The molecule has 1 aromatic heterocycles. The molecule has 2 N–H and O–H groups in total. The molecule has 2 heterocycles. The van der Waals surface area contributed by atoms with E-state index in [-0.39, 0.29) is 0 Å². The van der Waals surface area contributed by atoms with Gasteiger partial charge in [-0.1, -0.05) is 0 Å². The molecule has 0 aliphatic carbocycles. The maximum absolute atomic E-state index is 3.98. The molecule has 2 atom stereocenters. The van der Waals surface area contributed by atoms with Crippen LogP contribution in [-0.2, 0) is 0 Å². The van der Waals surface area contributed by atoms with Gasteiger partial charge in [0.15, 0.2) is 0 Å². The Morgan fingerprint density at radius 3 is 3.17 bits per heavy atom. The molecule has 1 aliphatic rings. The molecule has 0 aromatic carbocycles. The molecular formula is C9H15N3. The summed E-state index contributed by atoms with van der Waals surface area (Å²) in [5.41, 5.74) is 1.27. The van der Waals surface area contributed by atoms with Gasteiger partial charge < -0.3 is 5.32 Å². The first kappa shape index (κ1) is 7.80. The summed E-state index contributed by atoms with van der Waals surface area (Å²) in [7, 11) is 0. The van der Waals surface area contributed by atoms with Crippen molar-refractivity contribution < 1.29 is 0 Å². The summed E-state index contributed by atoms with van der Waals surface area (Å²) in [6.07, 6.45) is 4.38. The number of hydrogen-bond acceptors (Lipinski definition) is 2. The second kappa shape index (κ2) is 3.27. The molecule has 66 valence electrons. The molecule has 3 heteroatoms. The molecule has 1 fully saturated rings. The van der Waals surface area contributed by atoms with E-state index in [9.17, 15) is 0 Å². The van der Waals surface area contributed by atoms with E-state index in [0.717, 1.165) is 6.54 Å². The van der Waals surface area contributed by atoms with Gasteiger partial charge in [-0.25, -0.2) is 0 Å². The molecule has 0 bridgehead atoms. The Balaban J connectivity index is 2.11. The first-order valence-electron chi connectivity index (χ1n) is 4.60. The summed E-state index contributed by atoms with van der Waals surface area (Å²) in [6, 6.07) is 2.66. The minimum absolute atomic E-state index is 0.583. The maximum Gasteiger partial charge on any atom is 0.0490 e. The van der Waals surface area contributed by atoms with E-state index in [1.807, 2.05) is 6.20 Å². The van der Waals surface area contributed by atoms with E-state index in [0.29, 0.717) is 12.0 Å². The normalized spacial score (nSPS) is 30.4. The van der Waals surface area contributed by atoms with Crippen LogP contribution in [0, 0.1) is 0 Å². The van der Waals surface area contributed by atoms with E-state index in [1.54, 1.807) is 0 Å². The Morgan fingerprint density at radius 2 is 2.50 bits per heavy atom. The number of H-pyrrole nitrogens is 1. The molecule has 0 amide bonds. The fraction of sp³-hybridized carbons (Fsp3) is 0.667. The summed E-state index contributed by atoms with van der Waals surface area (Å²) in [5, 5.41) is 10.5. The summed E-state index contributed by atoms with van der Waals surface area (Å²) in [5.74, 6) is 0.626. The molecule has 2 rings (SSSR count). The van der Waals surface area contributed by atoms with Crippen molar-refractivity contribution in [3.05, 3.63) is 18.0 Å². The quantitative estimate of drug-likeness (QED) is 0.658. The van der Waals surface area contributed by atoms with E-state index < -0.39 is 0 Å². The SMILES string of the molecule is C[C@@H]1NCCC[C@@H]1c1ccn[nH]1. The van der Waals surface area contributed by atoms with E-state index >= 15 is 0 Å². The van der Waals surface area contributed by atoms with Crippen molar-refractivity contribution >= 4 is 0 Å². The standard InChI is InChI=1S/C9H15N3/c1-7-8(3-2-5-10-7)9-4-6-11-12-9/h4,6-8,10H,2-3,5H2,1H3,(H,11,12)/t7-,8-/m0/s1. The molecule has 0 unspecified atom stereocenters. The third-order valence-corrected chi connectivity index (χ3v) is 2.68.